The molecule has 1 aliphatic rings. The number of hydrogen-bond acceptors (Lipinski definition) is 5. The van der Waals surface area contributed by atoms with Crippen molar-refractivity contribution in [1.29, 1.82) is 0 Å². The van der Waals surface area contributed by atoms with Crippen LogP contribution in [0.1, 0.15) is 45.6 Å². The number of amides is 2. The number of carbonyl (C=O) groups is 2. The van der Waals surface area contributed by atoms with E-state index in [2.05, 4.69) is 20.8 Å². The van der Waals surface area contributed by atoms with E-state index in [1.54, 1.807) is 11.9 Å². The minimum Gasteiger partial charge on any atom is -0.493 e. The number of likely N-dealkylation sites (N-methyl/N-ethyl adjacent to an activating group) is 1. The van der Waals surface area contributed by atoms with Crippen molar-refractivity contribution in [3.05, 3.63) is 35.5 Å². The Kier molecular flexibility index (Phi) is 8.05. The summed E-state index contributed by atoms with van der Waals surface area (Å²) in [5, 5.41) is 9.29. The zero-order valence-electron chi connectivity index (χ0n) is 17.4. The highest BCUT2D eigenvalue weighted by Crippen LogP contribution is 2.32. The highest BCUT2D eigenvalue weighted by atomic mass is 16.5. The van der Waals surface area contributed by atoms with Gasteiger partial charge in [0.2, 0.25) is 0 Å². The number of unbranched alkanes of at least 4 members (excludes halogenated alkanes) is 2. The molecule has 0 fully saturated rings. The van der Waals surface area contributed by atoms with Crippen molar-refractivity contribution < 1.29 is 19.4 Å². The van der Waals surface area contributed by atoms with E-state index in [1.165, 1.54) is 4.90 Å². The minimum atomic E-state index is -0.285. The van der Waals surface area contributed by atoms with Gasteiger partial charge in [0.15, 0.2) is 0 Å². The molecule has 1 heterocycles. The smallest absolute Gasteiger partial charge is 0.277 e. The van der Waals surface area contributed by atoms with Gasteiger partial charge in [0.05, 0.1) is 18.8 Å². The fourth-order valence-corrected chi connectivity index (χ4v) is 3.14. The van der Waals surface area contributed by atoms with Crippen LogP contribution in [0.4, 0.5) is 0 Å². The minimum absolute atomic E-state index is 0.0907. The van der Waals surface area contributed by atoms with Crippen LogP contribution < -0.4 is 4.74 Å². The Labute approximate surface area is 167 Å². The van der Waals surface area contributed by atoms with Crippen molar-refractivity contribution >= 4 is 17.4 Å². The average molecular weight is 389 g/mol. The largest absolute Gasteiger partial charge is 0.493 e. The highest BCUT2D eigenvalue weighted by Gasteiger charge is 2.40. The second-order valence-electron chi connectivity index (χ2n) is 7.57. The summed E-state index contributed by atoms with van der Waals surface area (Å²) >= 11 is 0. The number of benzene rings is 1. The molecule has 1 aliphatic heterocycles. The monoisotopic (exact) mass is 388 g/mol. The Morgan fingerprint density at radius 2 is 1.79 bits per heavy atom. The Hall–Kier alpha value is -2.34. The fraction of sp³-hybridized carbons (Fsp3) is 0.545. The molecule has 0 atom stereocenters. The molecule has 0 unspecified atom stereocenters. The third kappa shape index (κ3) is 5.13. The van der Waals surface area contributed by atoms with Gasteiger partial charge < -0.3 is 14.7 Å². The fourth-order valence-electron chi connectivity index (χ4n) is 3.14. The third-order valence-electron chi connectivity index (χ3n) is 4.67. The maximum atomic E-state index is 13.1. The second kappa shape index (κ2) is 10.3. The lowest BCUT2D eigenvalue weighted by Crippen LogP contribution is -2.35. The van der Waals surface area contributed by atoms with E-state index in [9.17, 15) is 14.7 Å². The lowest BCUT2D eigenvalue weighted by molar-refractivity contribution is -0.137. The zero-order chi connectivity index (χ0) is 20.7. The molecule has 0 bridgehead atoms. The summed E-state index contributed by atoms with van der Waals surface area (Å²) in [6.45, 7) is 7.48. The zero-order valence-corrected chi connectivity index (χ0v) is 17.4. The molecule has 1 aromatic rings. The van der Waals surface area contributed by atoms with Gasteiger partial charge in [-0.15, -0.1) is 0 Å². The van der Waals surface area contributed by atoms with Crippen LogP contribution in [0.5, 0.6) is 5.75 Å². The van der Waals surface area contributed by atoms with Crippen LogP contribution in [-0.4, -0.2) is 60.1 Å². The third-order valence-corrected chi connectivity index (χ3v) is 4.67. The Morgan fingerprint density at radius 1 is 1.11 bits per heavy atom. The average Bonchev–Trinajstić information content (AvgIpc) is 2.91. The molecule has 1 N–H and O–H groups in total. The van der Waals surface area contributed by atoms with Crippen LogP contribution in [0.3, 0.4) is 0 Å². The van der Waals surface area contributed by atoms with Gasteiger partial charge in [-0.3, -0.25) is 14.5 Å². The van der Waals surface area contributed by atoms with Gasteiger partial charge in [-0.2, -0.15) is 0 Å². The first-order valence-corrected chi connectivity index (χ1v) is 10.1. The molecule has 0 aliphatic carbocycles. The number of imide groups is 1. The quantitative estimate of drug-likeness (QED) is 0.466. The second-order valence-corrected chi connectivity index (χ2v) is 7.57. The molecule has 1 aromatic carbocycles. The lowest BCUT2D eigenvalue weighted by atomic mass is 10.0. The molecule has 6 nitrogen and oxygen atoms in total. The number of aliphatic hydroxyl groups is 1. The summed E-state index contributed by atoms with van der Waals surface area (Å²) in [5.41, 5.74) is 1.44. The van der Waals surface area contributed by atoms with Crippen LogP contribution in [-0.2, 0) is 9.59 Å². The van der Waals surface area contributed by atoms with Crippen molar-refractivity contribution in [2.45, 2.75) is 40.0 Å². The van der Waals surface area contributed by atoms with Crippen LogP contribution in [0.15, 0.2) is 30.0 Å². The maximum absolute atomic E-state index is 13.1. The van der Waals surface area contributed by atoms with Gasteiger partial charge in [0.25, 0.3) is 11.8 Å². The number of aliphatic hydroxyl groups excluding tert-OH is 1. The molecule has 2 rings (SSSR count). The van der Waals surface area contributed by atoms with Gasteiger partial charge in [0.1, 0.15) is 11.4 Å². The van der Waals surface area contributed by atoms with Crippen molar-refractivity contribution in [3.63, 3.8) is 0 Å². The first-order valence-electron chi connectivity index (χ1n) is 10.1. The molecule has 28 heavy (non-hydrogen) atoms. The van der Waals surface area contributed by atoms with Crippen LogP contribution in [0.2, 0.25) is 0 Å². The van der Waals surface area contributed by atoms with Crippen LogP contribution in [0.25, 0.3) is 5.57 Å². The Morgan fingerprint density at radius 3 is 2.36 bits per heavy atom. The summed E-state index contributed by atoms with van der Waals surface area (Å²) < 4.78 is 5.71. The summed E-state index contributed by atoms with van der Waals surface area (Å²) in [5.74, 6) is 0.607. The van der Waals surface area contributed by atoms with E-state index in [0.717, 1.165) is 25.0 Å². The predicted octanol–water partition coefficient (Wildman–Crippen LogP) is 2.92. The number of carbonyl (C=O) groups excluding carboxylic acids is 2. The molecule has 154 valence electrons. The molecule has 0 aromatic heterocycles. The first kappa shape index (κ1) is 22.0. The first-order chi connectivity index (χ1) is 13.4. The van der Waals surface area contributed by atoms with Crippen LogP contribution >= 0.6 is 0 Å². The van der Waals surface area contributed by atoms with E-state index < -0.39 is 0 Å². The van der Waals surface area contributed by atoms with Crippen molar-refractivity contribution in [2.24, 2.45) is 5.92 Å². The maximum Gasteiger partial charge on any atom is 0.277 e. The topological polar surface area (TPSA) is 70.1 Å². The number of hydrogen-bond donors (Lipinski definition) is 1. The molecule has 6 heteroatoms. The number of nitrogens with zero attached hydrogens (tertiary/aromatic N) is 2. The summed E-state index contributed by atoms with van der Waals surface area (Å²) in [6.07, 6.45) is 2.78. The SMILES string of the molecule is CCCCCN1C(=O)C(c2ccc(OCC(C)C)cc2)=C(N(C)CCO)C1=O. The number of rotatable bonds is 11. The van der Waals surface area contributed by atoms with Gasteiger partial charge in [-0.1, -0.05) is 45.7 Å². The lowest BCUT2D eigenvalue weighted by Gasteiger charge is -2.20. The van der Waals surface area contributed by atoms with Crippen molar-refractivity contribution in [1.82, 2.24) is 9.80 Å². The Balaban J connectivity index is 2.32. The van der Waals surface area contributed by atoms with E-state index in [4.69, 9.17) is 4.74 Å². The molecule has 0 spiro atoms. The molecular weight excluding hydrogens is 356 g/mol. The van der Waals surface area contributed by atoms with E-state index in [1.807, 2.05) is 24.3 Å². The van der Waals surface area contributed by atoms with E-state index in [0.29, 0.717) is 35.9 Å². The van der Waals surface area contributed by atoms with E-state index >= 15 is 0 Å². The van der Waals surface area contributed by atoms with Crippen LogP contribution in [0, 0.1) is 5.92 Å². The van der Waals surface area contributed by atoms with Gasteiger partial charge in [0, 0.05) is 20.1 Å². The normalized spacial score (nSPS) is 14.4. The van der Waals surface area contributed by atoms with E-state index in [-0.39, 0.29) is 25.0 Å². The van der Waals surface area contributed by atoms with Gasteiger partial charge in [-0.05, 0) is 30.0 Å². The molecular formula is C22H32N2O4. The molecule has 2 amide bonds. The Bertz CT molecular complexity index is 710. The summed E-state index contributed by atoms with van der Waals surface area (Å²) in [7, 11) is 1.73. The highest BCUT2D eigenvalue weighted by molar-refractivity contribution is 6.35. The molecule has 0 saturated carbocycles. The summed E-state index contributed by atoms with van der Waals surface area (Å²) in [6, 6.07) is 7.29. The molecule has 0 saturated heterocycles. The van der Waals surface area contributed by atoms with Crippen molar-refractivity contribution in [3.8, 4) is 5.75 Å². The predicted molar refractivity (Wildman–Crippen MR) is 110 cm³/mol. The van der Waals surface area contributed by atoms with Gasteiger partial charge in [-0.25, -0.2) is 0 Å². The summed E-state index contributed by atoms with van der Waals surface area (Å²) in [4.78, 5) is 29.0. The van der Waals surface area contributed by atoms with Gasteiger partial charge >= 0.3 is 0 Å². The van der Waals surface area contributed by atoms with Crippen molar-refractivity contribution in [2.75, 3.05) is 33.4 Å². The number of ether oxygens (including phenoxy) is 1. The molecule has 0 radical (unpaired) electrons. The standard InChI is InChI=1S/C22H32N2O4/c1-5-6-7-12-24-21(26)19(20(22(24)27)23(4)13-14-25)17-8-10-18(11-9-17)28-15-16(2)3/h8-11,16,25H,5-7,12-15H2,1-4H3.